The molecule has 0 unspecified atom stereocenters. The fourth-order valence-electron chi connectivity index (χ4n) is 11.8. The van der Waals surface area contributed by atoms with Crippen molar-refractivity contribution in [3.63, 3.8) is 0 Å². The second-order valence-electron chi connectivity index (χ2n) is 24.5. The molecule has 3 aliphatic heterocycles. The third-order valence-corrected chi connectivity index (χ3v) is 17.2. The molecule has 2 bridgehead atoms. The normalized spacial score (nSPS) is 23.0. The molecular weight excluding hydrogens is 1280 g/mol. The Morgan fingerprint density at radius 1 is 0.602 bits per heavy atom. The molecule has 8 atom stereocenters. The Hall–Kier alpha value is -11.5. The number of carbonyl (C=O) groups is 12. The van der Waals surface area contributed by atoms with E-state index in [1.54, 1.807) is 24.3 Å². The molecule has 7 aromatic rings. The number of nitrogens with one attached hydrogen (secondary N) is 12. The number of phenolic OH excluding ortho intramolecular Hbond substituents is 1. The van der Waals surface area contributed by atoms with Crippen LogP contribution in [0.5, 0.6) is 5.75 Å². The zero-order valence-corrected chi connectivity index (χ0v) is 53.4. The summed E-state index contributed by atoms with van der Waals surface area (Å²) in [5, 5.41) is 44.2. The molecule has 0 saturated carbocycles. The van der Waals surface area contributed by atoms with Crippen molar-refractivity contribution in [2.45, 2.75) is 139 Å². The Balaban J connectivity index is 1.05. The maximum absolute atomic E-state index is 15.2. The fourth-order valence-corrected chi connectivity index (χ4v) is 11.8. The van der Waals surface area contributed by atoms with Gasteiger partial charge in [0.2, 0.25) is 65.0 Å². The highest BCUT2D eigenvalue weighted by atomic mass is 19.1. The third kappa shape index (κ3) is 18.5. The number of carboxylic acids is 1. The number of carbonyl (C=O) groups excluding carboxylic acids is 11. The van der Waals surface area contributed by atoms with Gasteiger partial charge in [0.1, 0.15) is 65.2 Å². The third-order valence-electron chi connectivity index (χ3n) is 17.2. The van der Waals surface area contributed by atoms with Gasteiger partial charge < -0.3 is 83.6 Å². The van der Waals surface area contributed by atoms with E-state index in [9.17, 15) is 71.7 Å². The van der Waals surface area contributed by atoms with Gasteiger partial charge in [0.25, 0.3) is 0 Å². The van der Waals surface area contributed by atoms with Crippen LogP contribution in [-0.4, -0.2) is 167 Å². The van der Waals surface area contributed by atoms with Gasteiger partial charge in [0, 0.05) is 104 Å². The van der Waals surface area contributed by atoms with E-state index in [0.29, 0.717) is 38.7 Å². The van der Waals surface area contributed by atoms with E-state index in [2.05, 4.69) is 67.8 Å². The van der Waals surface area contributed by atoms with Crippen molar-refractivity contribution in [3.05, 3.63) is 155 Å². The Bertz CT molecular complexity index is 4140. The van der Waals surface area contributed by atoms with Crippen molar-refractivity contribution in [3.8, 4) is 5.75 Å². The van der Waals surface area contributed by atoms with E-state index in [1.165, 1.54) is 98.3 Å². The van der Waals surface area contributed by atoms with Crippen LogP contribution in [0.3, 0.4) is 0 Å². The molecule has 6 heterocycles. The number of fused-ring (bicyclic) bond motifs is 34. The van der Waals surface area contributed by atoms with E-state index in [1.807, 2.05) is 0 Å². The number of halogens is 2. The summed E-state index contributed by atoms with van der Waals surface area (Å²) in [7, 11) is 0. The van der Waals surface area contributed by atoms with Crippen LogP contribution in [0, 0.1) is 11.6 Å². The zero-order chi connectivity index (χ0) is 70.4. The van der Waals surface area contributed by atoms with Gasteiger partial charge in [0.05, 0.1) is 19.3 Å². The van der Waals surface area contributed by atoms with Crippen LogP contribution in [0.25, 0.3) is 21.8 Å². The van der Waals surface area contributed by atoms with Gasteiger partial charge in [-0.25, -0.2) is 13.8 Å². The summed E-state index contributed by atoms with van der Waals surface area (Å²) in [6, 6.07) is 8.64. The Morgan fingerprint density at radius 2 is 1.16 bits per heavy atom. The maximum atomic E-state index is 15.2. The van der Waals surface area contributed by atoms with Crippen LogP contribution in [-0.2, 0) is 96.2 Å². The minimum absolute atomic E-state index is 0.0116. The van der Waals surface area contributed by atoms with Crippen LogP contribution < -0.4 is 53.6 Å². The molecule has 1 saturated heterocycles. The van der Waals surface area contributed by atoms with E-state index >= 15 is 4.79 Å². The zero-order valence-electron chi connectivity index (χ0n) is 53.4. The molecule has 1 fully saturated rings. The quantitative estimate of drug-likeness (QED) is 0.0786. The minimum Gasteiger partial charge on any atom is -0.508 e. The number of H-pyrrole nitrogens is 3. The molecule has 4 aromatic carbocycles. The van der Waals surface area contributed by atoms with Crippen molar-refractivity contribution >= 4 is 92.8 Å². The van der Waals surface area contributed by atoms with Crippen LogP contribution in [0.15, 0.2) is 110 Å². The highest BCUT2D eigenvalue weighted by molar-refractivity contribution is 6.01. The van der Waals surface area contributed by atoms with E-state index in [0.717, 1.165) is 6.07 Å². The van der Waals surface area contributed by atoms with E-state index < -0.39 is 163 Å². The molecular formula is C67H75F2N15O14. The number of aromatic nitrogens is 4. The first-order chi connectivity index (χ1) is 46.8. The summed E-state index contributed by atoms with van der Waals surface area (Å²) >= 11 is 0. The smallest absolute Gasteiger partial charge is 0.305 e. The monoisotopic (exact) mass is 1350 g/mol. The SMILES string of the molecule is C[C@@H]1NC(=O)CCCC(=O)NCc2ccc(cc2)C[C@@H](C(N)=O)NC(=O)[C@]2(C)CCCN2C(=O)[C@H](Cc2ccc(O)cc2)NC(=O)[C@H](Cc2cnc[nH]2)NC(=O)[C@H](CC(=O)O)NC(=O)[C@H](Cc2c[nH]c3ccc(F)cc23)NC(=O)[C@H](Cc2c[nH]c3ccc(F)cc23)NC(=O)CNC1=O. The average molecular weight is 1350 g/mol. The van der Waals surface area contributed by atoms with Crippen LogP contribution in [0.1, 0.15) is 85.9 Å². The number of hydrogen-bond acceptors (Lipinski definition) is 14. The molecule has 3 aliphatic rings. The summed E-state index contributed by atoms with van der Waals surface area (Å²) < 4.78 is 29.7. The van der Waals surface area contributed by atoms with Gasteiger partial charge in [-0.2, -0.15) is 0 Å². The van der Waals surface area contributed by atoms with Crippen LogP contribution in [0.4, 0.5) is 8.78 Å². The predicted octanol–water partition coefficient (Wildman–Crippen LogP) is 0.540. The standard InChI is InChI=1S/C67H75F2N15O14/c1-35-60(92)75-33-57(88)78-50(23-39-30-72-47-17-13-41(68)25-45(39)47)61(93)79-51(24-40-31-73-48-18-14-42(69)26-46(40)48)62(94)81-53(28-58(89)90)64(96)80-52(27-43-32-71-34-76-43)63(95)82-54(22-37-11-15-44(85)16-12-37)65(97)84-20-4-19-67(84,2)66(98)83-49(59(70)91)21-36-7-9-38(10-8-36)29-74-55(86)5-3-6-56(87)77-35/h7-18,25-26,30-32,34-35,49-54,72-73,85H,3-6,19-24,27-29,33H2,1-2H3,(H2,70,91)(H,71,76)(H,74,86)(H,75,92)(H,77,87)(H,78,88)(H,79,93)(H,80,96)(H,81,94)(H,82,95)(H,83,98)(H,89,90)/t35-,49-,50-,51-,52-,53-,54-,67-/m0/s1. The molecule has 16 N–H and O–H groups in total. The molecule has 516 valence electrons. The molecule has 3 aromatic heterocycles. The van der Waals surface area contributed by atoms with Crippen molar-refractivity contribution in [2.24, 2.45) is 5.73 Å². The average Bonchev–Trinajstić information content (AvgIpc) is 1.39. The number of aliphatic carboxylic acids is 1. The van der Waals surface area contributed by atoms with Crippen LogP contribution in [0.2, 0.25) is 0 Å². The molecule has 0 aliphatic carbocycles. The number of benzene rings is 4. The van der Waals surface area contributed by atoms with E-state index in [-0.39, 0.29) is 80.4 Å². The lowest BCUT2D eigenvalue weighted by atomic mass is 9.94. The number of rotatable bonds is 11. The maximum Gasteiger partial charge on any atom is 0.305 e. The van der Waals surface area contributed by atoms with Gasteiger partial charge in [-0.1, -0.05) is 36.4 Å². The highest BCUT2D eigenvalue weighted by Crippen LogP contribution is 2.31. The Labute approximate surface area is 558 Å². The van der Waals surface area contributed by atoms with Gasteiger partial charge in [-0.15, -0.1) is 0 Å². The number of hydrogen-bond donors (Lipinski definition) is 15. The van der Waals surface area contributed by atoms with Gasteiger partial charge in [-0.3, -0.25) is 57.5 Å². The number of aromatic amines is 3. The largest absolute Gasteiger partial charge is 0.508 e. The molecule has 29 nitrogen and oxygen atoms in total. The lowest BCUT2D eigenvalue weighted by Crippen LogP contribution is -2.63. The molecule has 11 amide bonds. The number of imidazole rings is 1. The second-order valence-corrected chi connectivity index (χ2v) is 24.5. The summed E-state index contributed by atoms with van der Waals surface area (Å²) in [5.41, 5.74) is 7.45. The van der Waals surface area contributed by atoms with E-state index in [4.69, 9.17) is 5.73 Å². The molecule has 10 rings (SSSR count). The fraction of sp³-hybridized carbons (Fsp3) is 0.358. The van der Waals surface area contributed by atoms with Gasteiger partial charge in [0.15, 0.2) is 0 Å². The lowest BCUT2D eigenvalue weighted by Gasteiger charge is -2.37. The molecule has 0 radical (unpaired) electrons. The minimum atomic E-state index is -2.06. The van der Waals surface area contributed by atoms with Crippen LogP contribution >= 0.6 is 0 Å². The molecule has 31 heteroatoms. The number of aromatic hydroxyl groups is 1. The lowest BCUT2D eigenvalue weighted by molar-refractivity contribution is -0.147. The van der Waals surface area contributed by atoms with Crippen molar-refractivity contribution in [2.75, 3.05) is 13.1 Å². The first-order valence-electron chi connectivity index (χ1n) is 31.6. The van der Waals surface area contributed by atoms with Crippen molar-refractivity contribution in [1.82, 2.24) is 72.7 Å². The summed E-state index contributed by atoms with van der Waals surface area (Å²) in [6.07, 6.45) is 2.90. The predicted molar refractivity (Wildman–Crippen MR) is 347 cm³/mol. The number of carboxylic acid groups (broad SMARTS) is 1. The Morgan fingerprint density at radius 3 is 1.76 bits per heavy atom. The highest BCUT2D eigenvalue weighted by Gasteiger charge is 2.49. The summed E-state index contributed by atoms with van der Waals surface area (Å²) in [5.74, 6) is -12.9. The second kappa shape index (κ2) is 31.8. The molecule has 98 heavy (non-hydrogen) atoms. The first kappa shape index (κ1) is 70.8. The Kier molecular flexibility index (Phi) is 23.0. The van der Waals surface area contributed by atoms with Gasteiger partial charge in [-0.05, 0) is 109 Å². The summed E-state index contributed by atoms with van der Waals surface area (Å²) in [6.45, 7) is 2.13. The van der Waals surface area contributed by atoms with Crippen molar-refractivity contribution < 1.29 is 76.5 Å². The number of phenols is 1. The first-order valence-corrected chi connectivity index (χ1v) is 31.6. The topological polar surface area (TPSA) is 443 Å². The number of primary amides is 1. The number of amides is 11. The number of nitrogens with two attached hydrogens (primary N) is 1. The van der Waals surface area contributed by atoms with Gasteiger partial charge >= 0.3 is 5.97 Å². The summed E-state index contributed by atoms with van der Waals surface area (Å²) in [4.78, 5) is 182. The van der Waals surface area contributed by atoms with Crippen molar-refractivity contribution in [1.29, 1.82) is 0 Å². The number of nitrogens with zero attached hydrogens (tertiary/aromatic N) is 2. The molecule has 0 spiro atoms.